The maximum atomic E-state index is 14.0. The number of anilines is 3. The number of amides is 1. The summed E-state index contributed by atoms with van der Waals surface area (Å²) >= 11 is 6.02. The van der Waals surface area contributed by atoms with Crippen LogP contribution in [0.15, 0.2) is 48.8 Å². The van der Waals surface area contributed by atoms with Gasteiger partial charge in [0, 0.05) is 36.2 Å². The highest BCUT2D eigenvalue weighted by molar-refractivity contribution is 6.31. The third-order valence-corrected chi connectivity index (χ3v) is 6.56. The fourth-order valence-corrected chi connectivity index (χ4v) is 4.50. The van der Waals surface area contributed by atoms with Gasteiger partial charge >= 0.3 is 11.9 Å². The Morgan fingerprint density at radius 1 is 1.24 bits per heavy atom. The van der Waals surface area contributed by atoms with E-state index in [1.54, 1.807) is 12.1 Å². The van der Waals surface area contributed by atoms with Crippen molar-refractivity contribution in [1.29, 1.82) is 0 Å². The van der Waals surface area contributed by atoms with E-state index in [0.29, 0.717) is 37.4 Å². The van der Waals surface area contributed by atoms with Gasteiger partial charge in [-0.25, -0.2) is 19.2 Å². The first-order valence-electron chi connectivity index (χ1n) is 12.9. The van der Waals surface area contributed by atoms with E-state index in [2.05, 4.69) is 15.3 Å². The molecule has 0 bridgehead atoms. The fraction of sp³-hybridized carbons (Fsp3) is 0.321. The second kappa shape index (κ2) is 13.6. The molecule has 2 unspecified atom stereocenters. The van der Waals surface area contributed by atoms with E-state index in [-0.39, 0.29) is 33.7 Å². The lowest BCUT2D eigenvalue weighted by molar-refractivity contribution is -0.144. The highest BCUT2D eigenvalue weighted by Crippen LogP contribution is 2.39. The predicted molar refractivity (Wildman–Crippen MR) is 153 cm³/mol. The van der Waals surface area contributed by atoms with Crippen molar-refractivity contribution in [2.24, 2.45) is 0 Å². The SMILES string of the molecule is CN(C)C/C=C/C(=O)Nc1cc2c(N(c3ccc(F)c(Cl)c3)C(CC(=O)O)C(=O)O)ncnc2cc1OC1CCOC1. The van der Waals surface area contributed by atoms with E-state index < -0.39 is 36.1 Å². The molecule has 14 heteroatoms. The van der Waals surface area contributed by atoms with Crippen molar-refractivity contribution in [2.75, 3.05) is 44.1 Å². The van der Waals surface area contributed by atoms with Crippen molar-refractivity contribution in [2.45, 2.75) is 25.0 Å². The molecule has 12 nitrogen and oxygen atoms in total. The number of carbonyl (C=O) groups excluding carboxylic acids is 1. The second-order valence-electron chi connectivity index (χ2n) is 9.74. The van der Waals surface area contributed by atoms with Crippen LogP contribution in [0.25, 0.3) is 10.9 Å². The number of hydrogen-bond donors (Lipinski definition) is 3. The molecule has 0 spiro atoms. The third-order valence-electron chi connectivity index (χ3n) is 6.27. The van der Waals surface area contributed by atoms with Crippen molar-refractivity contribution in [3.8, 4) is 5.75 Å². The summed E-state index contributed by atoms with van der Waals surface area (Å²) in [6, 6.07) is 4.91. The molecule has 222 valence electrons. The molecule has 1 aromatic heterocycles. The lowest BCUT2D eigenvalue weighted by Gasteiger charge is -2.30. The van der Waals surface area contributed by atoms with Crippen LogP contribution in [0.3, 0.4) is 0 Å². The average molecular weight is 602 g/mol. The molecular formula is C28H29ClFN5O7. The molecule has 1 aliphatic rings. The number of carboxylic acid groups (broad SMARTS) is 2. The first-order chi connectivity index (χ1) is 20.0. The van der Waals surface area contributed by atoms with Crippen molar-refractivity contribution in [3.63, 3.8) is 0 Å². The number of aromatic nitrogens is 2. The minimum atomic E-state index is -1.67. The highest BCUT2D eigenvalue weighted by atomic mass is 35.5. The largest absolute Gasteiger partial charge is 0.486 e. The van der Waals surface area contributed by atoms with Gasteiger partial charge in [-0.3, -0.25) is 9.59 Å². The van der Waals surface area contributed by atoms with Gasteiger partial charge in [0.15, 0.2) is 0 Å². The fourth-order valence-electron chi connectivity index (χ4n) is 4.33. The average Bonchev–Trinajstić information content (AvgIpc) is 3.43. The summed E-state index contributed by atoms with van der Waals surface area (Å²) in [4.78, 5) is 48.5. The number of hydrogen-bond acceptors (Lipinski definition) is 9. The molecular weight excluding hydrogens is 573 g/mol. The maximum Gasteiger partial charge on any atom is 0.327 e. The van der Waals surface area contributed by atoms with Crippen molar-refractivity contribution >= 4 is 57.5 Å². The Kier molecular flexibility index (Phi) is 9.88. The first-order valence-corrected chi connectivity index (χ1v) is 13.3. The molecule has 3 aromatic rings. The van der Waals surface area contributed by atoms with Gasteiger partial charge < -0.3 is 34.8 Å². The number of nitrogens with zero attached hydrogens (tertiary/aromatic N) is 4. The number of nitrogens with one attached hydrogen (secondary N) is 1. The molecule has 1 fully saturated rings. The summed E-state index contributed by atoms with van der Waals surface area (Å²) in [6.45, 7) is 1.41. The number of ether oxygens (including phenoxy) is 2. The molecule has 4 rings (SSSR count). The second-order valence-corrected chi connectivity index (χ2v) is 10.1. The van der Waals surface area contributed by atoms with Gasteiger partial charge in [0.05, 0.1) is 35.9 Å². The highest BCUT2D eigenvalue weighted by Gasteiger charge is 2.33. The molecule has 3 N–H and O–H groups in total. The number of halogens is 2. The van der Waals surface area contributed by atoms with Crippen molar-refractivity contribution < 1.29 is 38.5 Å². The standard InChI is InChI=1S/C28H29ClFN5O7/c1-34(2)8-3-4-25(36)33-22-11-18-21(12-24(22)42-17-7-9-41-14-17)31-15-32-27(18)35(23(28(39)40)13-26(37)38)16-5-6-20(30)19(29)10-16/h3-6,10-12,15,17,23H,7-9,13-14H2,1-2H3,(H,33,36)(H,37,38)(H,39,40)/b4-3+. The zero-order chi connectivity index (χ0) is 30.4. The Morgan fingerprint density at radius 2 is 2.02 bits per heavy atom. The van der Waals surface area contributed by atoms with Crippen LogP contribution in [-0.4, -0.2) is 88.9 Å². The molecule has 2 heterocycles. The number of benzene rings is 2. The number of carbonyl (C=O) groups is 3. The van der Waals surface area contributed by atoms with Crippen LogP contribution in [0.2, 0.25) is 5.02 Å². The van der Waals surface area contributed by atoms with E-state index in [9.17, 15) is 29.0 Å². The predicted octanol–water partition coefficient (Wildman–Crippen LogP) is 3.71. The Balaban J connectivity index is 1.88. The summed E-state index contributed by atoms with van der Waals surface area (Å²) in [5.41, 5.74) is 0.635. The first kappa shape index (κ1) is 30.6. The van der Waals surface area contributed by atoms with Crippen LogP contribution in [0.5, 0.6) is 5.75 Å². The number of rotatable bonds is 12. The van der Waals surface area contributed by atoms with Crippen LogP contribution in [0.1, 0.15) is 12.8 Å². The number of likely N-dealkylation sites (N-methyl/N-ethyl adjacent to an activating group) is 1. The summed E-state index contributed by atoms with van der Waals surface area (Å²) in [7, 11) is 3.72. The number of fused-ring (bicyclic) bond motifs is 1. The van der Waals surface area contributed by atoms with E-state index in [1.807, 2.05) is 19.0 Å². The van der Waals surface area contributed by atoms with Gasteiger partial charge in [-0.15, -0.1) is 0 Å². The molecule has 42 heavy (non-hydrogen) atoms. The molecule has 2 atom stereocenters. The van der Waals surface area contributed by atoms with E-state index in [1.165, 1.54) is 30.6 Å². The monoisotopic (exact) mass is 601 g/mol. The van der Waals surface area contributed by atoms with Crippen molar-refractivity contribution in [3.05, 3.63) is 59.7 Å². The van der Waals surface area contributed by atoms with Gasteiger partial charge in [0.1, 0.15) is 35.9 Å². The minimum absolute atomic E-state index is 0.00859. The zero-order valence-corrected chi connectivity index (χ0v) is 23.5. The van der Waals surface area contributed by atoms with E-state index in [4.69, 9.17) is 21.1 Å². The molecule has 1 saturated heterocycles. The quantitative estimate of drug-likeness (QED) is 0.260. The van der Waals surface area contributed by atoms with Gasteiger partial charge in [-0.05, 0) is 38.4 Å². The molecule has 1 amide bonds. The smallest absolute Gasteiger partial charge is 0.327 e. The van der Waals surface area contributed by atoms with Gasteiger partial charge in [0.2, 0.25) is 5.91 Å². The third kappa shape index (κ3) is 7.49. The lowest BCUT2D eigenvalue weighted by Crippen LogP contribution is -2.40. The summed E-state index contributed by atoms with van der Waals surface area (Å²) in [5.74, 6) is -3.75. The normalized spacial score (nSPS) is 15.7. The summed E-state index contributed by atoms with van der Waals surface area (Å²) < 4.78 is 25.6. The Labute approximate surface area is 245 Å². The Hall–Kier alpha value is -4.33. The summed E-state index contributed by atoms with van der Waals surface area (Å²) in [6.07, 6.45) is 3.78. The van der Waals surface area contributed by atoms with Crippen LogP contribution < -0.4 is 15.0 Å². The van der Waals surface area contributed by atoms with Gasteiger partial charge in [-0.2, -0.15) is 0 Å². The van der Waals surface area contributed by atoms with Crippen LogP contribution in [0, 0.1) is 5.82 Å². The zero-order valence-electron chi connectivity index (χ0n) is 22.8. The van der Waals surface area contributed by atoms with Crippen LogP contribution in [-0.2, 0) is 19.1 Å². The summed E-state index contributed by atoms with van der Waals surface area (Å²) in [5, 5.41) is 22.3. The van der Waals surface area contributed by atoms with Crippen molar-refractivity contribution in [1.82, 2.24) is 14.9 Å². The Bertz CT molecular complexity index is 1510. The van der Waals surface area contributed by atoms with E-state index >= 15 is 0 Å². The Morgan fingerprint density at radius 3 is 2.67 bits per heavy atom. The molecule has 2 aromatic carbocycles. The molecule has 0 saturated carbocycles. The minimum Gasteiger partial charge on any atom is -0.486 e. The molecule has 0 aliphatic carbocycles. The van der Waals surface area contributed by atoms with Gasteiger partial charge in [0.25, 0.3) is 0 Å². The topological polar surface area (TPSA) is 154 Å². The van der Waals surface area contributed by atoms with Crippen LogP contribution in [0.4, 0.5) is 21.6 Å². The van der Waals surface area contributed by atoms with Gasteiger partial charge in [-0.1, -0.05) is 17.7 Å². The lowest BCUT2D eigenvalue weighted by atomic mass is 10.1. The van der Waals surface area contributed by atoms with E-state index in [0.717, 1.165) is 11.0 Å². The van der Waals surface area contributed by atoms with Crippen LogP contribution >= 0.6 is 11.6 Å². The number of aliphatic carboxylic acids is 2. The maximum absolute atomic E-state index is 14.0. The molecule has 1 aliphatic heterocycles. The number of carboxylic acids is 2. The molecule has 0 radical (unpaired) electrons.